The van der Waals surface area contributed by atoms with Gasteiger partial charge in [0, 0.05) is 41.7 Å². The van der Waals surface area contributed by atoms with Crippen LogP contribution in [-0.2, 0) is 4.74 Å². The monoisotopic (exact) mass is 498 g/mol. The predicted octanol–water partition coefficient (Wildman–Crippen LogP) is 3.41. The molecule has 2 aromatic carbocycles. The molecule has 0 aliphatic carbocycles. The molecule has 35 heavy (non-hydrogen) atoms. The van der Waals surface area contributed by atoms with Crippen LogP contribution in [0.3, 0.4) is 0 Å². The molecule has 3 unspecified atom stereocenters. The molecule has 8 nitrogen and oxygen atoms in total. The summed E-state index contributed by atoms with van der Waals surface area (Å²) in [7, 11) is 1.62. The van der Waals surface area contributed by atoms with E-state index >= 15 is 0 Å². The Kier molecular flexibility index (Phi) is 6.52. The highest BCUT2D eigenvalue weighted by molar-refractivity contribution is 6.29. The SMILES string of the molecule is CCN1C(N)C2=C(C(c3ccc(F)cc3)COC2)N(c2ccc(-n3cnc(Cl)c3)c(OC)c2)C1N. The maximum absolute atomic E-state index is 13.7. The number of hydrogen-bond donors (Lipinski definition) is 2. The largest absolute Gasteiger partial charge is 0.494 e. The van der Waals surface area contributed by atoms with Crippen molar-refractivity contribution in [3.05, 3.63) is 82.8 Å². The van der Waals surface area contributed by atoms with E-state index in [2.05, 4.69) is 9.88 Å². The zero-order valence-corrected chi connectivity index (χ0v) is 20.3. The van der Waals surface area contributed by atoms with Crippen LogP contribution >= 0.6 is 11.6 Å². The van der Waals surface area contributed by atoms with E-state index in [0.717, 1.165) is 28.2 Å². The fourth-order valence-corrected chi connectivity index (χ4v) is 5.11. The van der Waals surface area contributed by atoms with E-state index in [9.17, 15) is 4.39 Å². The van der Waals surface area contributed by atoms with Gasteiger partial charge in [0.25, 0.3) is 0 Å². The number of nitrogens with two attached hydrogens (primary N) is 2. The number of hydrogen-bond acceptors (Lipinski definition) is 7. The van der Waals surface area contributed by atoms with Gasteiger partial charge in [0.1, 0.15) is 29.3 Å². The zero-order valence-electron chi connectivity index (χ0n) is 19.6. The van der Waals surface area contributed by atoms with Gasteiger partial charge >= 0.3 is 0 Å². The quantitative estimate of drug-likeness (QED) is 0.556. The third-order valence-corrected chi connectivity index (χ3v) is 6.88. The summed E-state index contributed by atoms with van der Waals surface area (Å²) in [5.74, 6) is 0.188. The molecule has 1 aromatic heterocycles. The minimum Gasteiger partial charge on any atom is -0.494 e. The summed E-state index contributed by atoms with van der Waals surface area (Å²) in [6, 6.07) is 12.4. The third kappa shape index (κ3) is 4.19. The average molecular weight is 499 g/mol. The van der Waals surface area contributed by atoms with Crippen molar-refractivity contribution in [2.45, 2.75) is 25.3 Å². The first-order valence-corrected chi connectivity index (χ1v) is 11.8. The van der Waals surface area contributed by atoms with E-state index in [1.54, 1.807) is 36.3 Å². The van der Waals surface area contributed by atoms with Crippen molar-refractivity contribution in [3.8, 4) is 11.4 Å². The molecule has 2 aliphatic rings. The van der Waals surface area contributed by atoms with Gasteiger partial charge in [-0.3, -0.25) is 10.6 Å². The second-order valence-corrected chi connectivity index (χ2v) is 8.94. The lowest BCUT2D eigenvalue weighted by molar-refractivity contribution is 0.0809. The van der Waals surface area contributed by atoms with Gasteiger partial charge in [0.05, 0.1) is 32.2 Å². The first-order chi connectivity index (χ1) is 16.9. The Morgan fingerprint density at radius 1 is 1.20 bits per heavy atom. The molecule has 0 saturated heterocycles. The number of methoxy groups -OCH3 is 1. The number of imidazole rings is 1. The molecule has 184 valence electrons. The van der Waals surface area contributed by atoms with Gasteiger partial charge in [-0.2, -0.15) is 0 Å². The minimum atomic E-state index is -0.520. The van der Waals surface area contributed by atoms with E-state index in [4.69, 9.17) is 32.5 Å². The van der Waals surface area contributed by atoms with Crippen molar-refractivity contribution < 1.29 is 13.9 Å². The number of anilines is 1. The number of likely N-dealkylation sites (N-methyl/N-ethyl adjacent to an activating group) is 1. The number of nitrogens with zero attached hydrogens (tertiary/aromatic N) is 4. The first kappa shape index (κ1) is 23.8. The second kappa shape index (κ2) is 9.60. The summed E-state index contributed by atoms with van der Waals surface area (Å²) in [4.78, 5) is 8.21. The molecule has 0 fully saturated rings. The molecular weight excluding hydrogens is 471 g/mol. The Balaban J connectivity index is 1.65. The summed E-state index contributed by atoms with van der Waals surface area (Å²) in [5, 5.41) is 0.390. The van der Waals surface area contributed by atoms with Crippen LogP contribution in [0.5, 0.6) is 5.75 Å². The summed E-state index contributed by atoms with van der Waals surface area (Å²) in [6.45, 7) is 3.52. The number of benzene rings is 2. The molecule has 3 heterocycles. The van der Waals surface area contributed by atoms with Crippen molar-refractivity contribution in [1.82, 2.24) is 14.5 Å². The first-order valence-electron chi connectivity index (χ1n) is 11.4. The Morgan fingerprint density at radius 2 is 1.97 bits per heavy atom. The van der Waals surface area contributed by atoms with Crippen LogP contribution in [0.4, 0.5) is 10.1 Å². The highest BCUT2D eigenvalue weighted by Gasteiger charge is 2.42. The Labute approximate surface area is 208 Å². The second-order valence-electron chi connectivity index (χ2n) is 8.55. The van der Waals surface area contributed by atoms with Gasteiger partial charge in [-0.15, -0.1) is 0 Å². The van der Waals surface area contributed by atoms with Crippen LogP contribution in [0.15, 0.2) is 66.3 Å². The topological polar surface area (TPSA) is 94.8 Å². The number of aromatic nitrogens is 2. The lowest BCUT2D eigenvalue weighted by Gasteiger charge is -2.51. The molecule has 0 bridgehead atoms. The predicted molar refractivity (Wildman–Crippen MR) is 133 cm³/mol. The highest BCUT2D eigenvalue weighted by atomic mass is 35.5. The molecule has 0 amide bonds. The fraction of sp³-hybridized carbons (Fsp3) is 0.320. The van der Waals surface area contributed by atoms with Crippen molar-refractivity contribution in [1.29, 1.82) is 0 Å². The summed E-state index contributed by atoms with van der Waals surface area (Å²) in [6.07, 6.45) is 2.44. The van der Waals surface area contributed by atoms with Crippen molar-refractivity contribution in [2.75, 3.05) is 31.8 Å². The fourth-order valence-electron chi connectivity index (χ4n) is 4.96. The molecule has 0 spiro atoms. The maximum atomic E-state index is 13.7. The Morgan fingerprint density at radius 3 is 2.63 bits per heavy atom. The van der Waals surface area contributed by atoms with Crippen LogP contribution in [0, 0.1) is 5.82 Å². The van der Waals surface area contributed by atoms with E-state index in [1.807, 2.05) is 30.0 Å². The van der Waals surface area contributed by atoms with Crippen LogP contribution < -0.4 is 21.1 Å². The van der Waals surface area contributed by atoms with Crippen LogP contribution in [0.2, 0.25) is 5.15 Å². The molecule has 3 atom stereocenters. The maximum Gasteiger partial charge on any atom is 0.147 e. The van der Waals surface area contributed by atoms with E-state index in [-0.39, 0.29) is 11.7 Å². The van der Waals surface area contributed by atoms with Crippen molar-refractivity contribution in [2.24, 2.45) is 11.5 Å². The molecule has 5 rings (SSSR count). The molecule has 3 aromatic rings. The van der Waals surface area contributed by atoms with Crippen LogP contribution in [0.25, 0.3) is 5.69 Å². The number of rotatable bonds is 5. The van der Waals surface area contributed by atoms with Crippen molar-refractivity contribution in [3.63, 3.8) is 0 Å². The van der Waals surface area contributed by atoms with E-state index in [1.165, 1.54) is 12.1 Å². The normalized spacial score (nSPS) is 22.9. The van der Waals surface area contributed by atoms with Crippen LogP contribution in [0.1, 0.15) is 18.4 Å². The molecule has 4 N–H and O–H groups in total. The Bertz CT molecular complexity index is 1250. The lowest BCUT2D eigenvalue weighted by Crippen LogP contribution is -2.65. The average Bonchev–Trinajstić information content (AvgIpc) is 3.30. The number of ether oxygens (including phenoxy) is 2. The third-order valence-electron chi connectivity index (χ3n) is 6.69. The highest BCUT2D eigenvalue weighted by Crippen LogP contribution is 2.42. The molecule has 0 saturated carbocycles. The van der Waals surface area contributed by atoms with Gasteiger partial charge < -0.3 is 24.7 Å². The number of halogens is 2. The van der Waals surface area contributed by atoms with E-state index in [0.29, 0.717) is 30.7 Å². The summed E-state index contributed by atoms with van der Waals surface area (Å²) >= 11 is 6.03. The van der Waals surface area contributed by atoms with E-state index < -0.39 is 12.5 Å². The smallest absolute Gasteiger partial charge is 0.147 e. The standard InChI is InChI=1S/C25H28ClFN6O2/c1-3-32-24(28)19-13-35-12-18(15-4-6-16(27)7-5-15)23(19)33(25(32)29)17-8-9-20(21(10-17)34-2)31-11-22(26)30-14-31/h4-11,14,18,24-25H,3,12-13,28-29H2,1-2H3. The molecule has 10 heteroatoms. The minimum absolute atomic E-state index is 0.159. The lowest BCUT2D eigenvalue weighted by atomic mass is 9.87. The zero-order chi connectivity index (χ0) is 24.7. The van der Waals surface area contributed by atoms with Gasteiger partial charge in [0.2, 0.25) is 0 Å². The van der Waals surface area contributed by atoms with Crippen LogP contribution in [-0.4, -0.2) is 53.8 Å². The molecular formula is C25H28ClFN6O2. The summed E-state index contributed by atoms with van der Waals surface area (Å²) in [5.41, 5.74) is 18.0. The van der Waals surface area contributed by atoms with Gasteiger partial charge in [0.15, 0.2) is 0 Å². The molecule has 2 aliphatic heterocycles. The van der Waals surface area contributed by atoms with Gasteiger partial charge in [-0.05, 0) is 29.8 Å². The van der Waals surface area contributed by atoms with Gasteiger partial charge in [-0.25, -0.2) is 9.37 Å². The summed E-state index contributed by atoms with van der Waals surface area (Å²) < 4.78 is 27.2. The molecule has 0 radical (unpaired) electrons. The Hall–Kier alpha value is -2.95. The van der Waals surface area contributed by atoms with Gasteiger partial charge in [-0.1, -0.05) is 30.7 Å². The van der Waals surface area contributed by atoms with Crippen molar-refractivity contribution >= 4 is 17.3 Å².